The number of halogens is 4. The molecule has 2 aliphatic rings. The van der Waals surface area contributed by atoms with E-state index in [9.17, 15) is 26.9 Å². The van der Waals surface area contributed by atoms with Crippen LogP contribution < -0.4 is 0 Å². The minimum Gasteiger partial charge on any atom is -0.390 e. The normalized spacial score (nSPS) is 35.5. The smallest absolute Gasteiger partial charge is 0.390 e. The van der Waals surface area contributed by atoms with Gasteiger partial charge >= 0.3 is 11.2 Å². The molecule has 0 aromatic carbocycles. The Morgan fingerprint density at radius 1 is 1.20 bits per heavy atom. The molecule has 2 fully saturated rings. The van der Waals surface area contributed by atoms with Gasteiger partial charge in [-0.15, -0.1) is 0 Å². The fourth-order valence-corrected chi connectivity index (χ4v) is 3.40. The summed E-state index contributed by atoms with van der Waals surface area (Å²) in [5.74, 6) is -4.46. The van der Waals surface area contributed by atoms with E-state index in [1.165, 1.54) is 0 Å². The van der Waals surface area contributed by atoms with Gasteiger partial charge in [-0.25, -0.2) is 4.21 Å². The van der Waals surface area contributed by atoms with E-state index in [0.29, 0.717) is 0 Å². The Balaban J connectivity index is 1.85. The molecule has 2 N–H and O–H groups in total. The van der Waals surface area contributed by atoms with Crippen molar-refractivity contribution in [3.63, 3.8) is 0 Å². The van der Waals surface area contributed by atoms with Crippen LogP contribution in [0.4, 0.5) is 17.6 Å². The van der Waals surface area contributed by atoms with Crippen molar-refractivity contribution in [3.8, 4) is 0 Å². The second-order valence-electron chi connectivity index (χ2n) is 5.38. The Kier molecular flexibility index (Phi) is 4.44. The van der Waals surface area contributed by atoms with Crippen LogP contribution in [-0.2, 0) is 15.8 Å². The van der Waals surface area contributed by atoms with E-state index >= 15 is 0 Å². The number of ether oxygens (including phenoxy) is 1. The van der Waals surface area contributed by atoms with E-state index in [1.807, 2.05) is 0 Å². The summed E-state index contributed by atoms with van der Waals surface area (Å²) >= 11 is -3.95. The van der Waals surface area contributed by atoms with Gasteiger partial charge in [-0.1, -0.05) is 0 Å². The first-order valence-electron chi connectivity index (χ1n) is 6.33. The third-order valence-corrected chi connectivity index (χ3v) is 4.91. The van der Waals surface area contributed by atoms with Crippen LogP contribution >= 0.6 is 0 Å². The highest BCUT2D eigenvalue weighted by molar-refractivity contribution is 7.80. The molecular weight excluding hydrogens is 304 g/mol. The van der Waals surface area contributed by atoms with E-state index < -0.39 is 47.5 Å². The van der Waals surface area contributed by atoms with Gasteiger partial charge in [0.15, 0.2) is 0 Å². The molecular formula is C11H16F4O4S. The number of fused-ring (bicyclic) bond motifs is 2. The zero-order valence-corrected chi connectivity index (χ0v) is 11.3. The summed E-state index contributed by atoms with van der Waals surface area (Å²) in [5, 5.41) is 4.80. The summed E-state index contributed by atoms with van der Waals surface area (Å²) in [6, 6.07) is 0. The van der Waals surface area contributed by atoms with Crippen LogP contribution in [0.25, 0.3) is 0 Å². The maximum absolute atomic E-state index is 13.2. The number of hydrogen-bond acceptors (Lipinski definition) is 3. The molecule has 0 spiro atoms. The second kappa shape index (κ2) is 5.51. The molecule has 0 aromatic rings. The summed E-state index contributed by atoms with van der Waals surface area (Å²) in [7, 11) is 0. The molecule has 0 aromatic heterocycles. The quantitative estimate of drug-likeness (QED) is 0.580. The monoisotopic (exact) mass is 320 g/mol. The summed E-state index contributed by atoms with van der Waals surface area (Å²) in [6.07, 6.45) is -0.248. The Morgan fingerprint density at radius 2 is 1.80 bits per heavy atom. The van der Waals surface area contributed by atoms with Gasteiger partial charge in [-0.05, 0) is 31.1 Å². The molecule has 0 heterocycles. The molecule has 4 nitrogen and oxygen atoms in total. The third kappa shape index (κ3) is 2.72. The average Bonchev–Trinajstić information content (AvgIpc) is 2.91. The molecule has 2 bridgehead atoms. The van der Waals surface area contributed by atoms with Crippen LogP contribution in [0.15, 0.2) is 0 Å². The molecule has 2 rings (SSSR count). The molecule has 9 heteroatoms. The number of alkyl halides is 4. The Bertz CT molecular complexity index is 391. The van der Waals surface area contributed by atoms with Crippen LogP contribution in [0, 0.1) is 11.8 Å². The van der Waals surface area contributed by atoms with Crippen molar-refractivity contribution in [1.82, 2.24) is 0 Å². The van der Waals surface area contributed by atoms with Crippen molar-refractivity contribution in [2.75, 3.05) is 6.61 Å². The van der Waals surface area contributed by atoms with Gasteiger partial charge < -0.3 is 14.4 Å². The first kappa shape index (κ1) is 16.1. The SMILES string of the molecule is O=S(O)C(F)(F)C(F)(F)CCOC1C2CCC(C2)C1O. The first-order chi connectivity index (χ1) is 9.17. The number of aliphatic hydroxyl groups is 1. The first-order valence-corrected chi connectivity index (χ1v) is 7.44. The maximum atomic E-state index is 13.2. The van der Waals surface area contributed by atoms with Gasteiger partial charge in [0, 0.05) is 6.42 Å². The zero-order valence-electron chi connectivity index (χ0n) is 10.5. The summed E-state index contributed by atoms with van der Waals surface area (Å²) in [6.45, 7) is -0.690. The number of rotatable bonds is 6. The van der Waals surface area contributed by atoms with Gasteiger partial charge in [-0.2, -0.15) is 17.6 Å². The Hall–Kier alpha value is -0.250. The lowest BCUT2D eigenvalue weighted by Crippen LogP contribution is -2.45. The third-order valence-electron chi connectivity index (χ3n) is 4.17. The van der Waals surface area contributed by atoms with E-state index in [2.05, 4.69) is 0 Å². The summed E-state index contributed by atoms with van der Waals surface area (Å²) < 4.78 is 75.6. The van der Waals surface area contributed by atoms with Crippen LogP contribution in [-0.4, -0.2) is 43.9 Å². The Labute approximate surface area is 115 Å². The van der Waals surface area contributed by atoms with E-state index in [0.717, 1.165) is 19.3 Å². The predicted molar refractivity (Wildman–Crippen MR) is 61.9 cm³/mol. The summed E-state index contributed by atoms with van der Waals surface area (Å²) in [5.41, 5.74) is 0. The van der Waals surface area contributed by atoms with E-state index in [1.54, 1.807) is 0 Å². The largest absolute Gasteiger partial charge is 0.406 e. The van der Waals surface area contributed by atoms with Crippen molar-refractivity contribution in [2.45, 2.75) is 49.1 Å². The van der Waals surface area contributed by atoms with Gasteiger partial charge in [-0.3, -0.25) is 0 Å². The molecule has 0 saturated heterocycles. The van der Waals surface area contributed by atoms with Crippen molar-refractivity contribution < 1.29 is 36.2 Å². The van der Waals surface area contributed by atoms with Gasteiger partial charge in [0.1, 0.15) is 0 Å². The molecule has 20 heavy (non-hydrogen) atoms. The van der Waals surface area contributed by atoms with Crippen molar-refractivity contribution in [1.29, 1.82) is 0 Å². The lowest BCUT2D eigenvalue weighted by molar-refractivity contribution is -0.175. The van der Waals surface area contributed by atoms with Crippen molar-refractivity contribution >= 4 is 11.1 Å². The van der Waals surface area contributed by atoms with Gasteiger partial charge in [0.25, 0.3) is 0 Å². The lowest BCUT2D eigenvalue weighted by atomic mass is 9.95. The molecule has 5 unspecified atom stereocenters. The fraction of sp³-hybridized carbons (Fsp3) is 1.00. The molecule has 0 aliphatic heterocycles. The minimum atomic E-state index is -5.01. The zero-order chi connectivity index (χ0) is 15.1. The highest BCUT2D eigenvalue weighted by atomic mass is 32.2. The molecule has 5 atom stereocenters. The highest BCUT2D eigenvalue weighted by Crippen LogP contribution is 2.46. The average molecular weight is 320 g/mol. The predicted octanol–water partition coefficient (Wildman–Crippen LogP) is 2.00. The maximum Gasteiger partial charge on any atom is 0.406 e. The van der Waals surface area contributed by atoms with Crippen LogP contribution in [0.2, 0.25) is 0 Å². The van der Waals surface area contributed by atoms with E-state index in [-0.39, 0.29) is 11.8 Å². The number of aliphatic hydroxyl groups excluding tert-OH is 1. The fourth-order valence-electron chi connectivity index (χ4n) is 3.04. The van der Waals surface area contributed by atoms with Gasteiger partial charge in [0.05, 0.1) is 18.8 Å². The van der Waals surface area contributed by atoms with Crippen LogP contribution in [0.5, 0.6) is 0 Å². The minimum absolute atomic E-state index is 0.0797. The molecule has 0 amide bonds. The van der Waals surface area contributed by atoms with Crippen LogP contribution in [0.1, 0.15) is 25.7 Å². The highest BCUT2D eigenvalue weighted by Gasteiger charge is 2.61. The lowest BCUT2D eigenvalue weighted by Gasteiger charge is -2.29. The van der Waals surface area contributed by atoms with Crippen LogP contribution in [0.3, 0.4) is 0 Å². The Morgan fingerprint density at radius 3 is 2.30 bits per heavy atom. The molecule has 0 radical (unpaired) electrons. The standard InChI is InChI=1S/C11H16F4O4S/c12-10(13,11(14,15)20(17)18)3-4-19-9-7-2-1-6(5-7)8(9)16/h6-9,16H,1-5H2,(H,17,18). The van der Waals surface area contributed by atoms with Crippen molar-refractivity contribution in [3.05, 3.63) is 0 Å². The number of hydrogen-bond donors (Lipinski definition) is 2. The molecule has 2 aliphatic carbocycles. The summed E-state index contributed by atoms with van der Waals surface area (Å²) in [4.78, 5) is 0. The van der Waals surface area contributed by atoms with Crippen molar-refractivity contribution in [2.24, 2.45) is 11.8 Å². The second-order valence-corrected chi connectivity index (χ2v) is 6.39. The molecule has 2 saturated carbocycles. The topological polar surface area (TPSA) is 66.8 Å². The van der Waals surface area contributed by atoms with E-state index in [4.69, 9.17) is 9.29 Å². The molecule has 118 valence electrons. The van der Waals surface area contributed by atoms with Gasteiger partial charge in [0.2, 0.25) is 11.1 Å².